The molecule has 1 aromatic carbocycles. The van der Waals surface area contributed by atoms with Crippen molar-refractivity contribution >= 4 is 5.82 Å². The van der Waals surface area contributed by atoms with Crippen LogP contribution in [0.2, 0.25) is 0 Å². The summed E-state index contributed by atoms with van der Waals surface area (Å²) in [6.07, 6.45) is 3.60. The van der Waals surface area contributed by atoms with Crippen LogP contribution in [-0.4, -0.2) is 41.9 Å². The third-order valence-corrected chi connectivity index (χ3v) is 4.68. The van der Waals surface area contributed by atoms with Crippen LogP contribution < -0.4 is 4.90 Å². The number of hydrogen-bond acceptors (Lipinski definition) is 6. The highest BCUT2D eigenvalue weighted by Crippen LogP contribution is 2.24. The fourth-order valence-electron chi connectivity index (χ4n) is 3.33. The Kier molecular flexibility index (Phi) is 4.93. The summed E-state index contributed by atoms with van der Waals surface area (Å²) in [6.45, 7) is 2.81. The summed E-state index contributed by atoms with van der Waals surface area (Å²) < 4.78 is 10.7. The van der Waals surface area contributed by atoms with Crippen molar-refractivity contribution in [3.63, 3.8) is 0 Å². The zero-order valence-electron chi connectivity index (χ0n) is 14.8. The lowest BCUT2D eigenvalue weighted by molar-refractivity contribution is 0.161. The van der Waals surface area contributed by atoms with Crippen LogP contribution in [0, 0.1) is 5.92 Å². The summed E-state index contributed by atoms with van der Waals surface area (Å²) >= 11 is 0. The van der Waals surface area contributed by atoms with Crippen LogP contribution in [-0.2, 0) is 11.2 Å². The molecule has 0 aliphatic carbocycles. The van der Waals surface area contributed by atoms with Crippen molar-refractivity contribution in [3.8, 4) is 11.5 Å². The zero-order chi connectivity index (χ0) is 17.8. The summed E-state index contributed by atoms with van der Waals surface area (Å²) in [6, 6.07) is 14.1. The Morgan fingerprint density at radius 2 is 2.08 bits per heavy atom. The molecule has 0 spiro atoms. The first-order valence-corrected chi connectivity index (χ1v) is 8.88. The number of methoxy groups -OCH3 is 1. The average molecular weight is 350 g/mol. The second-order valence-corrected chi connectivity index (χ2v) is 6.64. The molecule has 0 bridgehead atoms. The highest BCUT2D eigenvalue weighted by atomic mass is 16.5. The molecule has 6 nitrogen and oxygen atoms in total. The van der Waals surface area contributed by atoms with Crippen LogP contribution in [0.3, 0.4) is 0 Å². The van der Waals surface area contributed by atoms with E-state index in [4.69, 9.17) is 9.26 Å². The second kappa shape index (κ2) is 7.66. The van der Waals surface area contributed by atoms with Crippen LogP contribution in [0.5, 0.6) is 0 Å². The number of aromatic nitrogens is 3. The molecule has 0 unspecified atom stereocenters. The molecule has 2 aromatic heterocycles. The largest absolute Gasteiger partial charge is 0.384 e. The maximum atomic E-state index is 5.41. The monoisotopic (exact) mass is 350 g/mol. The predicted molar refractivity (Wildman–Crippen MR) is 99.0 cm³/mol. The molecular weight excluding hydrogens is 328 g/mol. The van der Waals surface area contributed by atoms with E-state index in [1.807, 2.05) is 30.3 Å². The van der Waals surface area contributed by atoms with Crippen molar-refractivity contribution < 1.29 is 9.26 Å². The highest BCUT2D eigenvalue weighted by molar-refractivity contribution is 5.55. The van der Waals surface area contributed by atoms with Gasteiger partial charge in [0.2, 0.25) is 0 Å². The summed E-state index contributed by atoms with van der Waals surface area (Å²) in [4.78, 5) is 11.4. The summed E-state index contributed by atoms with van der Waals surface area (Å²) in [7, 11) is 1.76. The third kappa shape index (κ3) is 3.75. The van der Waals surface area contributed by atoms with Crippen molar-refractivity contribution in [2.45, 2.75) is 12.8 Å². The van der Waals surface area contributed by atoms with Gasteiger partial charge in [0.05, 0.1) is 12.2 Å². The molecule has 134 valence electrons. The molecule has 4 rings (SSSR count). The van der Waals surface area contributed by atoms with E-state index >= 15 is 0 Å². The second-order valence-electron chi connectivity index (χ2n) is 6.64. The average Bonchev–Trinajstić information content (AvgIpc) is 3.33. The summed E-state index contributed by atoms with van der Waals surface area (Å²) in [5.74, 6) is 2.75. The minimum absolute atomic E-state index is 0.508. The van der Waals surface area contributed by atoms with E-state index in [2.05, 4.69) is 32.2 Å². The molecule has 0 N–H and O–H groups in total. The molecule has 1 aliphatic rings. The molecule has 0 amide bonds. The van der Waals surface area contributed by atoms with Gasteiger partial charge in [0.15, 0.2) is 5.82 Å². The van der Waals surface area contributed by atoms with Crippen molar-refractivity contribution in [2.24, 2.45) is 5.92 Å². The van der Waals surface area contributed by atoms with E-state index in [1.165, 1.54) is 0 Å². The minimum atomic E-state index is 0.508. The first kappa shape index (κ1) is 16.7. The molecule has 0 saturated carbocycles. The van der Waals surface area contributed by atoms with Gasteiger partial charge in [-0.25, -0.2) is 4.98 Å². The van der Waals surface area contributed by atoms with Gasteiger partial charge in [0.1, 0.15) is 5.82 Å². The van der Waals surface area contributed by atoms with E-state index in [-0.39, 0.29) is 0 Å². The quantitative estimate of drug-likeness (QED) is 0.680. The normalized spacial score (nSPS) is 17.0. The molecule has 6 heteroatoms. The number of hydrogen-bond donors (Lipinski definition) is 0. The van der Waals surface area contributed by atoms with Crippen LogP contribution in [0.15, 0.2) is 53.2 Å². The van der Waals surface area contributed by atoms with Gasteiger partial charge >= 0.3 is 0 Å². The molecule has 26 heavy (non-hydrogen) atoms. The van der Waals surface area contributed by atoms with Crippen molar-refractivity contribution in [3.05, 3.63) is 60.0 Å². The number of nitrogens with zero attached hydrogens (tertiary/aromatic N) is 4. The molecular formula is C20H22N4O2. The van der Waals surface area contributed by atoms with Crippen LogP contribution in [0.1, 0.15) is 17.8 Å². The fourth-order valence-corrected chi connectivity index (χ4v) is 3.33. The SMILES string of the molecule is COC[C@@H]1CCN(c2ccc(-c3nc(Cc4ccccc4)no3)cn2)C1. The van der Waals surface area contributed by atoms with Gasteiger partial charge in [0, 0.05) is 38.7 Å². The molecule has 3 aromatic rings. The van der Waals surface area contributed by atoms with E-state index in [1.54, 1.807) is 13.3 Å². The summed E-state index contributed by atoms with van der Waals surface area (Å²) in [5.41, 5.74) is 2.00. The predicted octanol–water partition coefficient (Wildman–Crippen LogP) is 3.20. The highest BCUT2D eigenvalue weighted by Gasteiger charge is 2.23. The number of benzene rings is 1. The number of rotatable bonds is 6. The van der Waals surface area contributed by atoms with E-state index in [9.17, 15) is 0 Å². The van der Waals surface area contributed by atoms with E-state index in [0.717, 1.165) is 43.1 Å². The maximum absolute atomic E-state index is 5.41. The smallest absolute Gasteiger partial charge is 0.259 e. The van der Waals surface area contributed by atoms with Crippen molar-refractivity contribution in [1.29, 1.82) is 0 Å². The standard InChI is InChI=1S/C20H22N4O2/c1-25-14-16-9-10-24(13-16)19-8-7-17(12-21-19)20-22-18(23-26-20)11-15-5-3-2-4-6-15/h2-8,12,16H,9-11,13-14H2,1H3/t16-/m1/s1. The van der Waals surface area contributed by atoms with Gasteiger partial charge in [-0.3, -0.25) is 0 Å². The molecule has 1 aliphatic heterocycles. The van der Waals surface area contributed by atoms with E-state index < -0.39 is 0 Å². The van der Waals surface area contributed by atoms with Gasteiger partial charge < -0.3 is 14.2 Å². The molecule has 0 radical (unpaired) electrons. The van der Waals surface area contributed by atoms with Gasteiger partial charge in [-0.2, -0.15) is 4.98 Å². The van der Waals surface area contributed by atoms with E-state index in [0.29, 0.717) is 24.1 Å². The Balaban J connectivity index is 1.43. The number of pyridine rings is 1. The fraction of sp³-hybridized carbons (Fsp3) is 0.350. The zero-order valence-corrected chi connectivity index (χ0v) is 14.8. The lowest BCUT2D eigenvalue weighted by Crippen LogP contribution is -2.21. The Morgan fingerprint density at radius 3 is 2.85 bits per heavy atom. The molecule has 3 heterocycles. The van der Waals surface area contributed by atoms with Gasteiger partial charge in [-0.05, 0) is 24.1 Å². The third-order valence-electron chi connectivity index (χ3n) is 4.68. The molecule has 1 fully saturated rings. The Morgan fingerprint density at radius 1 is 1.19 bits per heavy atom. The van der Waals surface area contributed by atoms with Gasteiger partial charge in [0.25, 0.3) is 5.89 Å². The molecule has 1 saturated heterocycles. The van der Waals surface area contributed by atoms with Crippen molar-refractivity contribution in [2.75, 3.05) is 31.7 Å². The van der Waals surface area contributed by atoms with Crippen molar-refractivity contribution in [1.82, 2.24) is 15.1 Å². The van der Waals surface area contributed by atoms with Crippen LogP contribution in [0.4, 0.5) is 5.82 Å². The Hall–Kier alpha value is -2.73. The number of anilines is 1. The lowest BCUT2D eigenvalue weighted by Gasteiger charge is -2.17. The van der Waals surface area contributed by atoms with Crippen LogP contribution >= 0.6 is 0 Å². The first-order valence-electron chi connectivity index (χ1n) is 8.88. The van der Waals surface area contributed by atoms with Gasteiger partial charge in [-0.1, -0.05) is 35.5 Å². The summed E-state index contributed by atoms with van der Waals surface area (Å²) in [5, 5.41) is 4.08. The maximum Gasteiger partial charge on any atom is 0.259 e. The Labute approximate surface area is 152 Å². The Bertz CT molecular complexity index is 833. The first-order chi connectivity index (χ1) is 12.8. The topological polar surface area (TPSA) is 64.3 Å². The minimum Gasteiger partial charge on any atom is -0.384 e. The van der Waals surface area contributed by atoms with Crippen LogP contribution in [0.25, 0.3) is 11.5 Å². The van der Waals surface area contributed by atoms with Gasteiger partial charge in [-0.15, -0.1) is 0 Å². The lowest BCUT2D eigenvalue weighted by atomic mass is 10.1. The number of ether oxygens (including phenoxy) is 1. The molecule has 1 atom stereocenters.